The van der Waals surface area contributed by atoms with E-state index in [0.29, 0.717) is 44.0 Å². The first-order valence-electron chi connectivity index (χ1n) is 13.8. The predicted octanol–water partition coefficient (Wildman–Crippen LogP) is 4.00. The van der Waals surface area contributed by atoms with Gasteiger partial charge in [0.05, 0.1) is 18.2 Å². The lowest BCUT2D eigenvalue weighted by Crippen LogP contribution is -2.54. The molecular weight excluding hydrogens is 480 g/mol. The van der Waals surface area contributed by atoms with Gasteiger partial charge in [-0.1, -0.05) is 57.5 Å². The number of hydrogen-bond acceptors (Lipinski definition) is 5. The Kier molecular flexibility index (Phi) is 8.61. The van der Waals surface area contributed by atoms with Crippen LogP contribution < -0.4 is 5.32 Å². The summed E-state index contributed by atoms with van der Waals surface area (Å²) in [6, 6.07) is 7.19. The summed E-state index contributed by atoms with van der Waals surface area (Å²) in [6.45, 7) is 15.7. The van der Waals surface area contributed by atoms with Crippen LogP contribution in [0.3, 0.4) is 0 Å². The van der Waals surface area contributed by atoms with Crippen molar-refractivity contribution in [1.29, 1.82) is 0 Å². The highest BCUT2D eigenvalue weighted by molar-refractivity contribution is 5.95. The Bertz CT molecular complexity index is 1080. The zero-order valence-corrected chi connectivity index (χ0v) is 23.3. The average molecular weight is 523 g/mol. The lowest BCUT2D eigenvalue weighted by molar-refractivity contribution is -0.140. The molecule has 1 aromatic rings. The number of hydrogen-bond donors (Lipinski definition) is 1. The summed E-state index contributed by atoms with van der Waals surface area (Å²) in [6.07, 6.45) is 4.80. The highest BCUT2D eigenvalue weighted by Crippen LogP contribution is 2.34. The Balaban J connectivity index is 1.64. The number of carbonyl (C=O) groups excluding carboxylic acids is 3. The van der Waals surface area contributed by atoms with Crippen LogP contribution >= 0.6 is 0 Å². The third-order valence-corrected chi connectivity index (χ3v) is 7.87. The van der Waals surface area contributed by atoms with Crippen LogP contribution in [0.4, 0.5) is 4.79 Å². The van der Waals surface area contributed by atoms with Crippen molar-refractivity contribution in [3.63, 3.8) is 0 Å². The third kappa shape index (κ3) is 5.96. The van der Waals surface area contributed by atoms with Gasteiger partial charge in [0.25, 0.3) is 0 Å². The Morgan fingerprint density at radius 3 is 2.29 bits per heavy atom. The van der Waals surface area contributed by atoms with Crippen molar-refractivity contribution in [2.45, 2.75) is 58.4 Å². The fourth-order valence-electron chi connectivity index (χ4n) is 5.32. The first-order valence-corrected chi connectivity index (χ1v) is 13.8. The molecule has 0 bridgehead atoms. The van der Waals surface area contributed by atoms with E-state index in [4.69, 9.17) is 4.74 Å². The zero-order valence-electron chi connectivity index (χ0n) is 23.3. The van der Waals surface area contributed by atoms with E-state index < -0.39 is 12.0 Å². The fourth-order valence-corrected chi connectivity index (χ4v) is 5.32. The Hall–Kier alpha value is -3.13. The summed E-state index contributed by atoms with van der Waals surface area (Å²) >= 11 is 0. The van der Waals surface area contributed by atoms with E-state index in [-0.39, 0.29) is 36.4 Å². The minimum atomic E-state index is -0.617. The van der Waals surface area contributed by atoms with Crippen LogP contribution in [0.15, 0.2) is 48.2 Å². The molecule has 1 atom stereocenters. The molecule has 0 spiro atoms. The van der Waals surface area contributed by atoms with Gasteiger partial charge in [0.15, 0.2) is 0 Å². The summed E-state index contributed by atoms with van der Waals surface area (Å²) in [7, 11) is 0. The van der Waals surface area contributed by atoms with E-state index in [9.17, 15) is 14.4 Å². The molecule has 1 aliphatic carbocycles. The highest BCUT2D eigenvalue weighted by Gasteiger charge is 2.39. The molecule has 1 saturated carbocycles. The van der Waals surface area contributed by atoms with Crippen LogP contribution in [0.5, 0.6) is 0 Å². The average Bonchev–Trinajstić information content (AvgIpc) is 2.85. The lowest BCUT2D eigenvalue weighted by atomic mass is 9.84. The standard InChI is InChI=1S/C30H42N4O4/c1-6-15-34-24(20-32-16-18-33(19-17-32)27(35)22-9-8-10-22)25(28(36)38-7-2)26(31-29(34)37)21-11-13-23(14-12-21)30(3,4)5/h6,11-14,22,26H,1,7-10,15-20H2,2-5H3,(H,31,37)/t26-/m0/s1. The second-order valence-electron chi connectivity index (χ2n) is 11.5. The molecular formula is C30H42N4O4. The number of nitrogens with one attached hydrogen (secondary N) is 1. The van der Waals surface area contributed by atoms with Gasteiger partial charge in [-0.15, -0.1) is 6.58 Å². The summed E-state index contributed by atoms with van der Waals surface area (Å²) < 4.78 is 5.51. The molecule has 3 aliphatic rings. The van der Waals surface area contributed by atoms with E-state index in [1.165, 1.54) is 5.56 Å². The number of piperazine rings is 1. The SMILES string of the molecule is C=CCN1C(=O)N[C@@H](c2ccc(C(C)(C)C)cc2)C(C(=O)OCC)=C1CN1CCN(C(=O)C2CCC2)CC1. The number of rotatable bonds is 8. The fraction of sp³-hybridized carbons (Fsp3) is 0.567. The summed E-state index contributed by atoms with van der Waals surface area (Å²) in [5, 5.41) is 3.04. The molecule has 4 rings (SSSR count). The summed E-state index contributed by atoms with van der Waals surface area (Å²) in [4.78, 5) is 45.2. The maximum atomic E-state index is 13.4. The second kappa shape index (κ2) is 11.7. The molecule has 206 valence electrons. The first-order chi connectivity index (χ1) is 18.1. The molecule has 0 aromatic heterocycles. The van der Waals surface area contributed by atoms with Crippen molar-refractivity contribution in [1.82, 2.24) is 20.0 Å². The predicted molar refractivity (Wildman–Crippen MR) is 147 cm³/mol. The quantitative estimate of drug-likeness (QED) is 0.412. The van der Waals surface area contributed by atoms with E-state index in [1.807, 2.05) is 17.0 Å². The lowest BCUT2D eigenvalue weighted by Gasteiger charge is -2.41. The Morgan fingerprint density at radius 2 is 1.76 bits per heavy atom. The highest BCUT2D eigenvalue weighted by atomic mass is 16.5. The van der Waals surface area contributed by atoms with Gasteiger partial charge in [-0.25, -0.2) is 9.59 Å². The van der Waals surface area contributed by atoms with Gasteiger partial charge in [0, 0.05) is 50.9 Å². The Labute approximate surface area is 226 Å². The van der Waals surface area contributed by atoms with Crippen molar-refractivity contribution in [3.8, 4) is 0 Å². The molecule has 2 aliphatic heterocycles. The first kappa shape index (κ1) is 27.9. The van der Waals surface area contributed by atoms with Gasteiger partial charge in [-0.3, -0.25) is 14.6 Å². The van der Waals surface area contributed by atoms with Gasteiger partial charge >= 0.3 is 12.0 Å². The molecule has 1 saturated heterocycles. The second-order valence-corrected chi connectivity index (χ2v) is 11.5. The largest absolute Gasteiger partial charge is 0.463 e. The topological polar surface area (TPSA) is 82.2 Å². The van der Waals surface area contributed by atoms with E-state index in [1.54, 1.807) is 17.9 Å². The van der Waals surface area contributed by atoms with Gasteiger partial charge in [-0.2, -0.15) is 0 Å². The molecule has 2 fully saturated rings. The number of esters is 1. The number of benzene rings is 1. The number of carbonyl (C=O) groups is 3. The summed E-state index contributed by atoms with van der Waals surface area (Å²) in [5.74, 6) is 0.0295. The minimum Gasteiger partial charge on any atom is -0.463 e. The molecule has 0 radical (unpaired) electrons. The molecule has 8 nitrogen and oxygen atoms in total. The maximum Gasteiger partial charge on any atom is 0.338 e. The van der Waals surface area contributed by atoms with Gasteiger partial charge in [-0.05, 0) is 36.3 Å². The van der Waals surface area contributed by atoms with Crippen LogP contribution in [0.1, 0.15) is 64.1 Å². The van der Waals surface area contributed by atoms with Crippen molar-refractivity contribution in [2.24, 2.45) is 5.92 Å². The molecule has 1 aromatic carbocycles. The van der Waals surface area contributed by atoms with Gasteiger partial charge in [0.2, 0.25) is 5.91 Å². The molecule has 38 heavy (non-hydrogen) atoms. The van der Waals surface area contributed by atoms with Crippen LogP contribution in [-0.2, 0) is 19.7 Å². The van der Waals surface area contributed by atoms with Gasteiger partial charge < -0.3 is 15.0 Å². The smallest absolute Gasteiger partial charge is 0.338 e. The zero-order chi connectivity index (χ0) is 27.4. The van der Waals surface area contributed by atoms with Crippen LogP contribution in [0.2, 0.25) is 0 Å². The maximum absolute atomic E-state index is 13.4. The van der Waals surface area contributed by atoms with Gasteiger partial charge in [0.1, 0.15) is 0 Å². The van der Waals surface area contributed by atoms with Crippen LogP contribution in [0, 0.1) is 5.92 Å². The normalized spacial score (nSPS) is 21.2. The van der Waals surface area contributed by atoms with Crippen molar-refractivity contribution in [3.05, 3.63) is 59.3 Å². The summed E-state index contributed by atoms with van der Waals surface area (Å²) in [5.41, 5.74) is 3.08. The van der Waals surface area contributed by atoms with E-state index in [0.717, 1.165) is 24.8 Å². The minimum absolute atomic E-state index is 0.0117. The molecule has 1 N–H and O–H groups in total. The van der Waals surface area contributed by atoms with Crippen LogP contribution in [-0.4, -0.2) is 78.5 Å². The van der Waals surface area contributed by atoms with E-state index >= 15 is 0 Å². The van der Waals surface area contributed by atoms with E-state index in [2.05, 4.69) is 49.7 Å². The molecule has 2 heterocycles. The monoisotopic (exact) mass is 522 g/mol. The number of amides is 3. The van der Waals surface area contributed by atoms with Crippen LogP contribution in [0.25, 0.3) is 0 Å². The van der Waals surface area contributed by atoms with Crippen molar-refractivity contribution < 1.29 is 19.1 Å². The molecule has 3 amide bonds. The van der Waals surface area contributed by atoms with Crippen molar-refractivity contribution in [2.75, 3.05) is 45.9 Å². The van der Waals surface area contributed by atoms with Crippen molar-refractivity contribution >= 4 is 17.9 Å². The number of urea groups is 1. The number of ether oxygens (including phenoxy) is 1. The number of nitrogens with zero attached hydrogens (tertiary/aromatic N) is 3. The third-order valence-electron chi connectivity index (χ3n) is 7.87. The molecule has 8 heteroatoms. The molecule has 0 unspecified atom stereocenters. The Morgan fingerprint density at radius 1 is 1.11 bits per heavy atom.